The Labute approximate surface area is 294 Å². The monoisotopic (exact) mass is 742 g/mol. The fraction of sp³-hybridized carbons (Fsp3) is 0.545. The quantitative estimate of drug-likeness (QED) is 0.0758. The molecule has 3 aromatic rings. The normalized spacial score (nSPS) is 29.2. The smallest absolute Gasteiger partial charge is 0.239 e. The van der Waals surface area contributed by atoms with Gasteiger partial charge in [0.25, 0.3) is 0 Å². The van der Waals surface area contributed by atoms with Crippen molar-refractivity contribution in [3.8, 4) is 40.1 Å². The van der Waals surface area contributed by atoms with Crippen LogP contribution in [0.2, 0.25) is 0 Å². The molecule has 2 aliphatic heterocycles. The van der Waals surface area contributed by atoms with E-state index >= 15 is 0 Å². The summed E-state index contributed by atoms with van der Waals surface area (Å²) in [6.07, 6.45) is -16.3. The SMILES string of the molecule is CC1OC(OCC2OC(Oc3c(-c4ccc(OCCO)c(OCCO)c4)oc4cc(OCCO)cc(O)c4c3=O)C(O)C(O)C2O)[C@@H](O)C(O)C1O. The van der Waals surface area contributed by atoms with Crippen molar-refractivity contribution in [3.05, 3.63) is 40.6 Å². The predicted octanol–water partition coefficient (Wildman–Crippen LogP) is -2.69. The van der Waals surface area contributed by atoms with Gasteiger partial charge in [-0.2, -0.15) is 0 Å². The third-order valence-electron chi connectivity index (χ3n) is 8.31. The molecular weight excluding hydrogens is 700 g/mol. The van der Waals surface area contributed by atoms with Gasteiger partial charge in [-0.3, -0.25) is 4.79 Å². The van der Waals surface area contributed by atoms with Crippen LogP contribution in [0.15, 0.2) is 39.5 Å². The van der Waals surface area contributed by atoms with Crippen LogP contribution in [0.1, 0.15) is 6.92 Å². The Hall–Kier alpha value is -3.83. The highest BCUT2D eigenvalue weighted by Crippen LogP contribution is 2.40. The fourth-order valence-electron chi connectivity index (χ4n) is 5.60. The number of aromatic hydroxyl groups is 1. The molecule has 2 aromatic carbocycles. The second kappa shape index (κ2) is 17.3. The summed E-state index contributed by atoms with van der Waals surface area (Å²) in [7, 11) is 0. The minimum absolute atomic E-state index is 0.0380. The number of aliphatic hydroxyl groups is 9. The van der Waals surface area contributed by atoms with E-state index in [1.165, 1.54) is 31.2 Å². The molecule has 0 amide bonds. The maximum Gasteiger partial charge on any atom is 0.239 e. The van der Waals surface area contributed by atoms with Gasteiger partial charge in [0.1, 0.15) is 85.0 Å². The van der Waals surface area contributed by atoms with Gasteiger partial charge >= 0.3 is 0 Å². The zero-order valence-electron chi connectivity index (χ0n) is 27.8. The fourth-order valence-corrected chi connectivity index (χ4v) is 5.60. The number of benzene rings is 2. The summed E-state index contributed by atoms with van der Waals surface area (Å²) in [6.45, 7) is -0.648. The largest absolute Gasteiger partial charge is 0.507 e. The molecule has 10 atom stereocenters. The molecule has 0 spiro atoms. The summed E-state index contributed by atoms with van der Waals surface area (Å²) in [6, 6.07) is 6.59. The minimum atomic E-state index is -1.98. The van der Waals surface area contributed by atoms with Crippen molar-refractivity contribution in [1.29, 1.82) is 0 Å². The maximum absolute atomic E-state index is 14.1. The first kappa shape index (κ1) is 39.4. The van der Waals surface area contributed by atoms with Gasteiger partial charge in [0.15, 0.2) is 23.5 Å². The summed E-state index contributed by atoms with van der Waals surface area (Å²) < 4.78 is 45.1. The van der Waals surface area contributed by atoms with Gasteiger partial charge in [-0.15, -0.1) is 0 Å². The van der Waals surface area contributed by atoms with E-state index in [9.17, 15) is 55.9 Å². The van der Waals surface area contributed by atoms with Crippen LogP contribution in [0.3, 0.4) is 0 Å². The zero-order valence-corrected chi connectivity index (χ0v) is 27.8. The Balaban J connectivity index is 1.53. The summed E-state index contributed by atoms with van der Waals surface area (Å²) in [4.78, 5) is 14.1. The van der Waals surface area contributed by atoms with Gasteiger partial charge in [0.2, 0.25) is 17.5 Å². The lowest BCUT2D eigenvalue weighted by Crippen LogP contribution is -2.61. The third kappa shape index (κ3) is 8.36. The number of phenols is 1. The molecule has 9 unspecified atom stereocenters. The second-order valence-corrected chi connectivity index (χ2v) is 11.9. The molecule has 19 heteroatoms. The molecule has 0 bridgehead atoms. The highest BCUT2D eigenvalue weighted by molar-refractivity contribution is 5.88. The number of phenolic OH excluding ortho intramolecular Hbond substituents is 1. The molecule has 3 heterocycles. The van der Waals surface area contributed by atoms with Gasteiger partial charge in [-0.1, -0.05) is 0 Å². The van der Waals surface area contributed by atoms with E-state index in [4.69, 9.17) is 37.6 Å². The molecule has 1 aromatic heterocycles. The summed E-state index contributed by atoms with van der Waals surface area (Å²) in [5, 5.41) is 101. The Kier molecular flexibility index (Phi) is 13.1. The van der Waals surface area contributed by atoms with Gasteiger partial charge < -0.3 is 88.6 Å². The molecular formula is C33H42O19. The Morgan fingerprint density at radius 3 is 2.04 bits per heavy atom. The second-order valence-electron chi connectivity index (χ2n) is 11.9. The molecule has 19 nitrogen and oxygen atoms in total. The first-order valence-electron chi connectivity index (χ1n) is 16.3. The van der Waals surface area contributed by atoms with Gasteiger partial charge in [-0.05, 0) is 25.1 Å². The van der Waals surface area contributed by atoms with E-state index in [2.05, 4.69) is 0 Å². The lowest BCUT2D eigenvalue weighted by molar-refractivity contribution is -0.318. The van der Waals surface area contributed by atoms with Crippen molar-refractivity contribution in [3.63, 3.8) is 0 Å². The highest BCUT2D eigenvalue weighted by atomic mass is 16.7. The van der Waals surface area contributed by atoms with Crippen molar-refractivity contribution in [2.24, 2.45) is 0 Å². The zero-order chi connectivity index (χ0) is 37.7. The van der Waals surface area contributed by atoms with Crippen LogP contribution in [0, 0.1) is 0 Å². The van der Waals surface area contributed by atoms with E-state index in [1.807, 2.05) is 0 Å². The molecule has 0 radical (unpaired) electrons. The van der Waals surface area contributed by atoms with Crippen molar-refractivity contribution >= 4 is 11.0 Å². The number of fused-ring (bicyclic) bond motifs is 1. The molecule has 2 saturated heterocycles. The van der Waals surface area contributed by atoms with Crippen LogP contribution in [0.25, 0.3) is 22.3 Å². The number of aliphatic hydroxyl groups excluding tert-OH is 9. The van der Waals surface area contributed by atoms with E-state index in [0.717, 1.165) is 6.07 Å². The van der Waals surface area contributed by atoms with Crippen LogP contribution < -0.4 is 24.4 Å². The van der Waals surface area contributed by atoms with Crippen molar-refractivity contribution in [2.45, 2.75) is 68.3 Å². The molecule has 288 valence electrons. The van der Waals surface area contributed by atoms with Crippen LogP contribution in [-0.4, -0.2) is 159 Å². The van der Waals surface area contributed by atoms with Crippen LogP contribution in [0.4, 0.5) is 0 Å². The van der Waals surface area contributed by atoms with Gasteiger partial charge in [0.05, 0.1) is 32.5 Å². The Morgan fingerprint density at radius 2 is 1.35 bits per heavy atom. The average Bonchev–Trinajstić information content (AvgIpc) is 3.13. The van der Waals surface area contributed by atoms with Gasteiger partial charge in [0, 0.05) is 17.7 Å². The molecule has 2 fully saturated rings. The molecule has 2 aliphatic rings. The minimum Gasteiger partial charge on any atom is -0.507 e. The summed E-state index contributed by atoms with van der Waals surface area (Å²) >= 11 is 0. The summed E-state index contributed by atoms with van der Waals surface area (Å²) in [5.41, 5.74) is -1.08. The van der Waals surface area contributed by atoms with Crippen LogP contribution >= 0.6 is 0 Å². The standard InChI is InChI=1S/C33H42O19/c1-14-23(38)26(41)28(43)32(49-14)48-13-21-24(39)27(42)29(44)33(51-21)52-31-25(40)22-17(37)11-16(45-7-4-34)12-20(22)50-30(31)15-2-3-18(46-8-5-35)19(10-15)47-9-6-36/h2-3,10-12,14,21,23-24,26-29,32-39,41-44H,4-9,13H2,1H3/t14?,21?,23?,24?,26?,27?,28-,29?,32?,33?/m0/s1. The van der Waals surface area contributed by atoms with E-state index in [1.54, 1.807) is 0 Å². The number of hydrogen-bond donors (Lipinski definition) is 10. The molecule has 10 N–H and O–H groups in total. The Morgan fingerprint density at radius 1 is 0.712 bits per heavy atom. The lowest BCUT2D eigenvalue weighted by Gasteiger charge is -2.42. The Bertz CT molecular complexity index is 1700. The van der Waals surface area contributed by atoms with Crippen LogP contribution in [0.5, 0.6) is 28.7 Å². The van der Waals surface area contributed by atoms with Crippen molar-refractivity contribution in [2.75, 3.05) is 46.2 Å². The third-order valence-corrected chi connectivity index (χ3v) is 8.31. The molecule has 0 aliphatic carbocycles. The topological polar surface area (TPSA) is 297 Å². The number of rotatable bonds is 15. The predicted molar refractivity (Wildman–Crippen MR) is 173 cm³/mol. The highest BCUT2D eigenvalue weighted by Gasteiger charge is 2.48. The van der Waals surface area contributed by atoms with Gasteiger partial charge in [-0.25, -0.2) is 0 Å². The molecule has 0 saturated carbocycles. The van der Waals surface area contributed by atoms with Crippen molar-refractivity contribution in [1.82, 2.24) is 0 Å². The number of hydrogen-bond acceptors (Lipinski definition) is 19. The van der Waals surface area contributed by atoms with Crippen molar-refractivity contribution < 1.29 is 88.6 Å². The van der Waals surface area contributed by atoms with E-state index < -0.39 is 84.9 Å². The summed E-state index contributed by atoms with van der Waals surface area (Å²) in [5.74, 6) is -1.31. The van der Waals surface area contributed by atoms with E-state index in [-0.39, 0.29) is 79.2 Å². The maximum atomic E-state index is 14.1. The lowest BCUT2D eigenvalue weighted by atomic mass is 9.98. The average molecular weight is 743 g/mol. The van der Waals surface area contributed by atoms with E-state index in [0.29, 0.717) is 0 Å². The number of ether oxygens (including phenoxy) is 7. The first-order valence-corrected chi connectivity index (χ1v) is 16.3. The first-order chi connectivity index (χ1) is 24.9. The molecule has 52 heavy (non-hydrogen) atoms. The molecule has 5 rings (SSSR count). The van der Waals surface area contributed by atoms with Crippen LogP contribution in [-0.2, 0) is 14.2 Å².